The van der Waals surface area contributed by atoms with Crippen molar-refractivity contribution in [3.8, 4) is 0 Å². The van der Waals surface area contributed by atoms with Crippen LogP contribution in [0.1, 0.15) is 45.8 Å². The molecule has 0 radical (unpaired) electrons. The molecule has 3 aromatic rings. The Morgan fingerprint density at radius 3 is 2.43 bits per heavy atom. The lowest BCUT2D eigenvalue weighted by atomic mass is 9.91. The lowest BCUT2D eigenvalue weighted by Gasteiger charge is -2.18. The molecule has 2 aromatic heterocycles. The molecule has 6 nitrogen and oxygen atoms in total. The Hall–Kier alpha value is -3.23. The second-order valence-corrected chi connectivity index (χ2v) is 6.55. The summed E-state index contributed by atoms with van der Waals surface area (Å²) in [4.78, 5) is 33.0. The first kappa shape index (κ1) is 19.5. The van der Waals surface area contributed by atoms with E-state index in [2.05, 4.69) is 15.0 Å². The van der Waals surface area contributed by atoms with Crippen molar-refractivity contribution in [3.63, 3.8) is 0 Å². The zero-order valence-corrected chi connectivity index (χ0v) is 15.0. The molecule has 0 aliphatic carbocycles. The maximum atomic E-state index is 13.6. The van der Waals surface area contributed by atoms with Crippen molar-refractivity contribution in [1.82, 2.24) is 15.0 Å². The number of aryl methyl sites for hydroxylation is 1. The Bertz CT molecular complexity index is 1110. The number of carbonyl (C=O) groups is 1. The molecule has 146 valence electrons. The number of carboxylic acids is 1. The predicted molar refractivity (Wildman–Crippen MR) is 95.4 cm³/mol. The number of nitrogens with one attached hydrogen (secondary N) is 1. The molecule has 1 atom stereocenters. The molecule has 2 N–H and O–H groups in total. The van der Waals surface area contributed by atoms with Gasteiger partial charge in [-0.3, -0.25) is 4.79 Å². The fourth-order valence-corrected chi connectivity index (χ4v) is 3.04. The van der Waals surface area contributed by atoms with Gasteiger partial charge in [-0.15, -0.1) is 0 Å². The van der Waals surface area contributed by atoms with Gasteiger partial charge in [-0.25, -0.2) is 14.8 Å². The largest absolute Gasteiger partial charge is 0.478 e. The van der Waals surface area contributed by atoms with E-state index in [1.165, 1.54) is 25.1 Å². The highest BCUT2D eigenvalue weighted by Crippen LogP contribution is 2.36. The van der Waals surface area contributed by atoms with E-state index in [1.807, 2.05) is 0 Å². The minimum atomic E-state index is -4.71. The number of aromatic carboxylic acids is 1. The Morgan fingerprint density at radius 1 is 1.21 bits per heavy atom. The van der Waals surface area contributed by atoms with Crippen LogP contribution < -0.4 is 5.56 Å². The number of aromatic amines is 1. The van der Waals surface area contributed by atoms with Gasteiger partial charge in [0.1, 0.15) is 11.5 Å². The van der Waals surface area contributed by atoms with Crippen LogP contribution in [0.4, 0.5) is 13.2 Å². The quantitative estimate of drug-likeness (QED) is 0.707. The van der Waals surface area contributed by atoms with E-state index in [9.17, 15) is 22.8 Å². The standard InChI is InChI=1S/C19H16F3N3O3/c1-9(7-11-3-5-12(6-4-11)18(27)28)13-8-14-16(23-10(2)24-17(14)26)25-15(13)19(20,21)22/h3-6,8-9H,7H2,1-2H3,(H,27,28)(H,23,24,25,26)/t9-/m0/s1. The van der Waals surface area contributed by atoms with Crippen molar-refractivity contribution in [2.24, 2.45) is 0 Å². The number of nitrogens with zero attached hydrogens (tertiary/aromatic N) is 2. The number of aromatic nitrogens is 3. The van der Waals surface area contributed by atoms with Gasteiger partial charge in [0.2, 0.25) is 0 Å². The molecule has 0 aliphatic rings. The van der Waals surface area contributed by atoms with Gasteiger partial charge in [0, 0.05) is 0 Å². The summed E-state index contributed by atoms with van der Waals surface area (Å²) in [5.41, 5.74) is -1.24. The van der Waals surface area contributed by atoms with E-state index in [4.69, 9.17) is 5.11 Å². The van der Waals surface area contributed by atoms with Gasteiger partial charge in [-0.2, -0.15) is 13.2 Å². The second kappa shape index (κ2) is 7.06. The molecule has 3 rings (SSSR count). The van der Waals surface area contributed by atoms with Crippen LogP contribution in [0.2, 0.25) is 0 Å². The number of benzene rings is 1. The molecule has 0 bridgehead atoms. The highest BCUT2D eigenvalue weighted by molar-refractivity contribution is 5.87. The lowest BCUT2D eigenvalue weighted by molar-refractivity contribution is -0.141. The van der Waals surface area contributed by atoms with Gasteiger partial charge in [0.25, 0.3) is 5.56 Å². The van der Waals surface area contributed by atoms with Crippen molar-refractivity contribution < 1.29 is 23.1 Å². The first-order valence-corrected chi connectivity index (χ1v) is 8.37. The van der Waals surface area contributed by atoms with Gasteiger partial charge in [0.05, 0.1) is 10.9 Å². The van der Waals surface area contributed by atoms with Gasteiger partial charge in [0.15, 0.2) is 5.65 Å². The molecule has 0 spiro atoms. The Morgan fingerprint density at radius 2 is 1.86 bits per heavy atom. The lowest BCUT2D eigenvalue weighted by Crippen LogP contribution is -2.18. The summed E-state index contributed by atoms with van der Waals surface area (Å²) in [7, 11) is 0. The molecular formula is C19H16F3N3O3. The Balaban J connectivity index is 2.06. The van der Waals surface area contributed by atoms with Gasteiger partial charge < -0.3 is 10.1 Å². The third-order valence-corrected chi connectivity index (χ3v) is 4.39. The number of pyridine rings is 1. The molecule has 0 saturated carbocycles. The third-order valence-electron chi connectivity index (χ3n) is 4.39. The van der Waals surface area contributed by atoms with Crippen molar-refractivity contribution in [3.05, 3.63) is 68.9 Å². The van der Waals surface area contributed by atoms with Crippen LogP contribution >= 0.6 is 0 Å². The average molecular weight is 391 g/mol. The number of rotatable bonds is 4. The number of hydrogen-bond acceptors (Lipinski definition) is 4. The zero-order valence-electron chi connectivity index (χ0n) is 15.0. The molecule has 1 aromatic carbocycles. The molecule has 0 amide bonds. The fraction of sp³-hybridized carbons (Fsp3) is 0.263. The zero-order chi connectivity index (χ0) is 20.6. The minimum absolute atomic E-state index is 0.0123. The van der Waals surface area contributed by atoms with Crippen LogP contribution in [0.15, 0.2) is 35.1 Å². The van der Waals surface area contributed by atoms with Crippen molar-refractivity contribution in [1.29, 1.82) is 0 Å². The molecule has 0 fully saturated rings. The average Bonchev–Trinajstić information content (AvgIpc) is 2.60. The molecule has 0 unspecified atom stereocenters. The van der Waals surface area contributed by atoms with E-state index >= 15 is 0 Å². The first-order chi connectivity index (χ1) is 13.1. The maximum Gasteiger partial charge on any atom is 0.433 e. The van der Waals surface area contributed by atoms with Crippen LogP contribution in [0, 0.1) is 6.92 Å². The monoisotopic (exact) mass is 391 g/mol. The fourth-order valence-electron chi connectivity index (χ4n) is 3.04. The van der Waals surface area contributed by atoms with E-state index in [0.717, 1.165) is 0 Å². The summed E-state index contributed by atoms with van der Waals surface area (Å²) in [5, 5.41) is 8.92. The SMILES string of the molecule is Cc1nc2nc(C(F)(F)F)c([C@@H](C)Cc3ccc(C(=O)O)cc3)cc2c(=O)[nH]1. The van der Waals surface area contributed by atoms with Crippen LogP contribution in [-0.4, -0.2) is 26.0 Å². The predicted octanol–water partition coefficient (Wildman–Crippen LogP) is 3.69. The van der Waals surface area contributed by atoms with Crippen LogP contribution in [0.25, 0.3) is 11.0 Å². The number of carboxylic acid groups (broad SMARTS) is 1. The summed E-state index contributed by atoms with van der Waals surface area (Å²) in [6, 6.07) is 7.09. The van der Waals surface area contributed by atoms with Crippen LogP contribution in [0.5, 0.6) is 0 Å². The highest BCUT2D eigenvalue weighted by Gasteiger charge is 2.37. The number of hydrogen-bond donors (Lipinski definition) is 2. The normalized spacial score (nSPS) is 12.9. The van der Waals surface area contributed by atoms with Gasteiger partial charge >= 0.3 is 12.1 Å². The third kappa shape index (κ3) is 3.88. The number of H-pyrrole nitrogens is 1. The Kier molecular flexibility index (Phi) is 4.93. The van der Waals surface area contributed by atoms with E-state index in [0.29, 0.717) is 5.56 Å². The molecular weight excluding hydrogens is 375 g/mol. The summed E-state index contributed by atoms with van der Waals surface area (Å²) < 4.78 is 40.7. The minimum Gasteiger partial charge on any atom is -0.478 e. The highest BCUT2D eigenvalue weighted by atomic mass is 19.4. The van der Waals surface area contributed by atoms with Crippen LogP contribution in [-0.2, 0) is 12.6 Å². The maximum absolute atomic E-state index is 13.6. The van der Waals surface area contributed by atoms with Gasteiger partial charge in [-0.1, -0.05) is 19.1 Å². The van der Waals surface area contributed by atoms with E-state index in [-0.39, 0.29) is 34.4 Å². The number of fused-ring (bicyclic) bond motifs is 1. The smallest absolute Gasteiger partial charge is 0.433 e. The van der Waals surface area contributed by atoms with Crippen molar-refractivity contribution in [2.75, 3.05) is 0 Å². The number of alkyl halides is 3. The van der Waals surface area contributed by atoms with E-state index < -0.39 is 29.3 Å². The molecule has 0 saturated heterocycles. The van der Waals surface area contributed by atoms with Crippen molar-refractivity contribution in [2.45, 2.75) is 32.4 Å². The number of halogens is 3. The second-order valence-electron chi connectivity index (χ2n) is 6.55. The molecule has 28 heavy (non-hydrogen) atoms. The molecule has 0 aliphatic heterocycles. The topological polar surface area (TPSA) is 95.9 Å². The first-order valence-electron chi connectivity index (χ1n) is 8.37. The molecule has 9 heteroatoms. The van der Waals surface area contributed by atoms with Crippen molar-refractivity contribution >= 4 is 17.0 Å². The summed E-state index contributed by atoms with van der Waals surface area (Å²) in [6.45, 7) is 3.06. The van der Waals surface area contributed by atoms with Gasteiger partial charge in [-0.05, 0) is 48.6 Å². The molecule has 2 heterocycles. The summed E-state index contributed by atoms with van der Waals surface area (Å²) in [5.74, 6) is -1.53. The van der Waals surface area contributed by atoms with Crippen LogP contribution in [0.3, 0.4) is 0 Å². The summed E-state index contributed by atoms with van der Waals surface area (Å²) >= 11 is 0. The van der Waals surface area contributed by atoms with E-state index in [1.54, 1.807) is 19.1 Å². The Labute approximate surface area is 157 Å². The summed E-state index contributed by atoms with van der Waals surface area (Å²) in [6.07, 6.45) is -4.49.